The minimum absolute atomic E-state index is 0.175. The molecule has 1 heterocycles. The van der Waals surface area contributed by atoms with E-state index in [-0.39, 0.29) is 18.7 Å². The zero-order valence-electron chi connectivity index (χ0n) is 16.1. The average Bonchev–Trinajstić information content (AvgIpc) is 3.17. The fourth-order valence-electron chi connectivity index (χ4n) is 3.16. The van der Waals surface area contributed by atoms with Crippen LogP contribution in [0.15, 0.2) is 47.6 Å². The molecule has 1 amide bonds. The molecule has 29 heavy (non-hydrogen) atoms. The predicted molar refractivity (Wildman–Crippen MR) is 104 cm³/mol. The summed E-state index contributed by atoms with van der Waals surface area (Å²) in [5, 5.41) is 14.6. The number of nitrogens with zero attached hydrogens (tertiary/aromatic N) is 2. The van der Waals surface area contributed by atoms with Gasteiger partial charge in [0.1, 0.15) is 17.3 Å². The highest BCUT2D eigenvalue weighted by Crippen LogP contribution is 2.35. The van der Waals surface area contributed by atoms with Crippen LogP contribution in [0.1, 0.15) is 36.4 Å². The van der Waals surface area contributed by atoms with Gasteiger partial charge < -0.3 is 14.6 Å². The van der Waals surface area contributed by atoms with Crippen LogP contribution >= 0.6 is 0 Å². The number of carbonyl (C=O) groups is 2. The summed E-state index contributed by atoms with van der Waals surface area (Å²) < 4.78 is 23.9. The lowest BCUT2D eigenvalue weighted by Gasteiger charge is -2.21. The Kier molecular flexibility index (Phi) is 6.11. The summed E-state index contributed by atoms with van der Waals surface area (Å²) in [7, 11) is 3.08. The first-order valence-corrected chi connectivity index (χ1v) is 9.01. The molecule has 0 unspecified atom stereocenters. The van der Waals surface area contributed by atoms with Gasteiger partial charge in [-0.15, -0.1) is 0 Å². The van der Waals surface area contributed by atoms with Gasteiger partial charge in [-0.05, 0) is 29.8 Å². The first-order chi connectivity index (χ1) is 13.9. The van der Waals surface area contributed by atoms with Gasteiger partial charge in [-0.1, -0.05) is 12.1 Å². The summed E-state index contributed by atoms with van der Waals surface area (Å²) in [5.41, 5.74) is 2.06. The Bertz CT molecular complexity index is 920. The van der Waals surface area contributed by atoms with E-state index in [0.717, 1.165) is 5.56 Å². The number of benzene rings is 2. The normalized spacial score (nSPS) is 15.8. The van der Waals surface area contributed by atoms with Crippen LogP contribution in [0.2, 0.25) is 0 Å². The van der Waals surface area contributed by atoms with Crippen molar-refractivity contribution in [2.75, 3.05) is 14.2 Å². The molecule has 0 radical (unpaired) electrons. The highest BCUT2D eigenvalue weighted by Gasteiger charge is 2.33. The van der Waals surface area contributed by atoms with Gasteiger partial charge in [0, 0.05) is 24.5 Å². The monoisotopic (exact) mass is 400 g/mol. The number of carbonyl (C=O) groups excluding carboxylic acids is 1. The molecule has 0 aliphatic carbocycles. The number of rotatable bonds is 7. The molecule has 1 aliphatic heterocycles. The van der Waals surface area contributed by atoms with Gasteiger partial charge in [-0.3, -0.25) is 9.59 Å². The second kappa shape index (κ2) is 8.72. The molecule has 0 saturated carbocycles. The zero-order valence-corrected chi connectivity index (χ0v) is 16.1. The van der Waals surface area contributed by atoms with Crippen LogP contribution in [-0.2, 0) is 9.59 Å². The summed E-state index contributed by atoms with van der Waals surface area (Å²) in [4.78, 5) is 23.5. The Balaban J connectivity index is 1.96. The highest BCUT2D eigenvalue weighted by atomic mass is 19.1. The molecule has 0 saturated heterocycles. The summed E-state index contributed by atoms with van der Waals surface area (Å²) in [5.74, 6) is -0.689. The quantitative estimate of drug-likeness (QED) is 0.770. The van der Waals surface area contributed by atoms with E-state index in [2.05, 4.69) is 5.10 Å². The maximum atomic E-state index is 13.3. The lowest BCUT2D eigenvalue weighted by Crippen LogP contribution is -2.27. The molecule has 0 aromatic heterocycles. The van der Waals surface area contributed by atoms with Crippen molar-refractivity contribution in [3.05, 3.63) is 59.4 Å². The van der Waals surface area contributed by atoms with Gasteiger partial charge in [-0.25, -0.2) is 9.40 Å². The second-order valence-electron chi connectivity index (χ2n) is 6.55. The molecule has 1 aliphatic rings. The van der Waals surface area contributed by atoms with E-state index in [1.165, 1.54) is 31.4 Å². The SMILES string of the molecule is COc1cc(OC)cc(C2=NN(C(=O)CCC(=O)O)[C@H](c3ccc(F)cc3)C2)c1. The summed E-state index contributed by atoms with van der Waals surface area (Å²) in [6, 6.07) is 10.7. The first-order valence-electron chi connectivity index (χ1n) is 9.01. The lowest BCUT2D eigenvalue weighted by molar-refractivity contribution is -0.141. The Hall–Kier alpha value is -3.42. The second-order valence-corrected chi connectivity index (χ2v) is 6.55. The van der Waals surface area contributed by atoms with Gasteiger partial charge in [0.05, 0.1) is 32.4 Å². The number of carboxylic acid groups (broad SMARTS) is 1. The summed E-state index contributed by atoms with van der Waals surface area (Å²) in [6.45, 7) is 0. The van der Waals surface area contributed by atoms with Crippen LogP contribution in [-0.4, -0.2) is 41.9 Å². The number of ether oxygens (including phenoxy) is 2. The lowest BCUT2D eigenvalue weighted by atomic mass is 9.98. The van der Waals surface area contributed by atoms with Crippen LogP contribution < -0.4 is 9.47 Å². The van der Waals surface area contributed by atoms with Gasteiger partial charge in [-0.2, -0.15) is 5.10 Å². The van der Waals surface area contributed by atoms with Crippen molar-refractivity contribution in [2.24, 2.45) is 5.10 Å². The number of aliphatic carboxylic acids is 1. The fraction of sp³-hybridized carbons (Fsp3) is 0.286. The van der Waals surface area contributed by atoms with Gasteiger partial charge >= 0.3 is 5.97 Å². The van der Waals surface area contributed by atoms with E-state index in [0.29, 0.717) is 29.2 Å². The molecule has 1 atom stereocenters. The van der Waals surface area contributed by atoms with Crippen LogP contribution in [0.25, 0.3) is 0 Å². The average molecular weight is 400 g/mol. The molecule has 7 nitrogen and oxygen atoms in total. The third-order valence-electron chi connectivity index (χ3n) is 4.66. The molecule has 2 aromatic rings. The molecule has 0 bridgehead atoms. The molecule has 8 heteroatoms. The minimum atomic E-state index is -1.06. The van der Waals surface area contributed by atoms with E-state index in [1.807, 2.05) is 0 Å². The molecule has 2 aromatic carbocycles. The van der Waals surface area contributed by atoms with Crippen molar-refractivity contribution in [2.45, 2.75) is 25.3 Å². The van der Waals surface area contributed by atoms with Crippen LogP contribution in [0.5, 0.6) is 11.5 Å². The molecule has 0 fully saturated rings. The number of halogens is 1. The molecular weight excluding hydrogens is 379 g/mol. The van der Waals surface area contributed by atoms with Crippen LogP contribution in [0.4, 0.5) is 4.39 Å². The third-order valence-corrected chi connectivity index (χ3v) is 4.66. The zero-order chi connectivity index (χ0) is 21.0. The largest absolute Gasteiger partial charge is 0.497 e. The van der Waals surface area contributed by atoms with E-state index in [9.17, 15) is 14.0 Å². The number of amides is 1. The Labute approximate surface area is 167 Å². The number of methoxy groups -OCH3 is 2. The standard InChI is InChI=1S/C21H21FN2O5/c1-28-16-9-14(10-17(11-16)29-2)18-12-19(13-3-5-15(22)6-4-13)24(23-18)20(25)7-8-21(26)27/h3-6,9-11,19H,7-8,12H2,1-2H3,(H,26,27)/t19-/m0/s1. The third kappa shape index (κ3) is 4.71. The van der Waals surface area contributed by atoms with Crippen molar-refractivity contribution in [1.82, 2.24) is 5.01 Å². The van der Waals surface area contributed by atoms with E-state index >= 15 is 0 Å². The predicted octanol–water partition coefficient (Wildman–Crippen LogP) is 3.39. The Morgan fingerprint density at radius 1 is 1.10 bits per heavy atom. The molecule has 3 rings (SSSR count). The van der Waals surface area contributed by atoms with Crippen molar-refractivity contribution >= 4 is 17.6 Å². The maximum Gasteiger partial charge on any atom is 0.303 e. The number of hydrogen-bond acceptors (Lipinski definition) is 5. The van der Waals surface area contributed by atoms with E-state index in [4.69, 9.17) is 14.6 Å². The van der Waals surface area contributed by atoms with Crippen LogP contribution in [0.3, 0.4) is 0 Å². The number of hydrogen-bond donors (Lipinski definition) is 1. The van der Waals surface area contributed by atoms with Gasteiger partial charge in [0.2, 0.25) is 5.91 Å². The van der Waals surface area contributed by atoms with E-state index in [1.54, 1.807) is 30.3 Å². The van der Waals surface area contributed by atoms with Crippen LogP contribution in [0, 0.1) is 5.82 Å². The van der Waals surface area contributed by atoms with Crippen molar-refractivity contribution in [3.63, 3.8) is 0 Å². The fourth-order valence-corrected chi connectivity index (χ4v) is 3.16. The van der Waals surface area contributed by atoms with Crippen molar-refractivity contribution in [3.8, 4) is 11.5 Å². The first kappa shape index (κ1) is 20.3. The molecule has 0 spiro atoms. The minimum Gasteiger partial charge on any atom is -0.497 e. The molecular formula is C21H21FN2O5. The maximum absolute atomic E-state index is 13.3. The smallest absolute Gasteiger partial charge is 0.303 e. The molecule has 1 N–H and O–H groups in total. The van der Waals surface area contributed by atoms with Crippen molar-refractivity contribution in [1.29, 1.82) is 0 Å². The Morgan fingerprint density at radius 3 is 2.28 bits per heavy atom. The van der Waals surface area contributed by atoms with Crippen molar-refractivity contribution < 1.29 is 28.6 Å². The van der Waals surface area contributed by atoms with Gasteiger partial charge in [0.15, 0.2) is 0 Å². The topological polar surface area (TPSA) is 88.4 Å². The number of hydrazone groups is 1. The Morgan fingerprint density at radius 2 is 1.72 bits per heavy atom. The van der Waals surface area contributed by atoms with E-state index < -0.39 is 17.9 Å². The van der Waals surface area contributed by atoms with Gasteiger partial charge in [0.25, 0.3) is 0 Å². The number of carboxylic acids is 1. The summed E-state index contributed by atoms with van der Waals surface area (Å²) in [6.07, 6.45) is -0.0741. The highest BCUT2D eigenvalue weighted by molar-refractivity contribution is 6.03. The molecule has 152 valence electrons. The summed E-state index contributed by atoms with van der Waals surface area (Å²) >= 11 is 0.